The third kappa shape index (κ3) is 7.10. The van der Waals surface area contributed by atoms with Crippen molar-refractivity contribution < 1.29 is 29.0 Å². The second-order valence-electron chi connectivity index (χ2n) is 5.24. The topological polar surface area (TPSA) is 168 Å². The van der Waals surface area contributed by atoms with Crippen LogP contribution < -0.4 is 21.9 Å². The van der Waals surface area contributed by atoms with E-state index in [0.717, 1.165) is 0 Å². The lowest BCUT2D eigenvalue weighted by Crippen LogP contribution is -2.40. The van der Waals surface area contributed by atoms with Crippen molar-refractivity contribution in [2.24, 2.45) is 17.2 Å². The molecule has 0 saturated heterocycles. The molecule has 0 heterocycles. The monoisotopic (exact) mass is 371 g/mol. The average Bonchev–Trinajstić information content (AvgIpc) is 2.59. The van der Waals surface area contributed by atoms with Crippen LogP contribution in [0.25, 0.3) is 0 Å². The van der Waals surface area contributed by atoms with E-state index in [1.165, 1.54) is 12.1 Å². The Kier molecular flexibility index (Phi) is 8.35. The maximum atomic E-state index is 11.7. The van der Waals surface area contributed by atoms with E-state index in [9.17, 15) is 14.4 Å². The number of hydrogen-bond donors (Lipinski definition) is 5. The van der Waals surface area contributed by atoms with E-state index >= 15 is 0 Å². The first-order valence-corrected chi connectivity index (χ1v) is 7.95. The SMILES string of the molecule is N[C@@H](COC(=O)[C@@H](N)Cc1ccc(OC(=O)[C@@H](N)CS)cc1)C(=O)O. The normalized spacial score (nSPS) is 14.2. The van der Waals surface area contributed by atoms with Crippen molar-refractivity contribution in [1.29, 1.82) is 0 Å². The standard InChI is InChI=1S/C15H21N3O6S/c16-10(14(21)23-6-11(17)13(19)20)5-8-1-3-9(4-2-8)24-15(22)12(18)7-25/h1-4,10-12,25H,5-7,16-18H2,(H,19,20)/t10-,11-,12-/m0/s1. The highest BCUT2D eigenvalue weighted by molar-refractivity contribution is 7.80. The van der Waals surface area contributed by atoms with Gasteiger partial charge in [-0.1, -0.05) is 12.1 Å². The van der Waals surface area contributed by atoms with E-state index in [-0.39, 0.29) is 12.2 Å². The smallest absolute Gasteiger partial charge is 0.329 e. The minimum atomic E-state index is -1.30. The summed E-state index contributed by atoms with van der Waals surface area (Å²) in [6, 6.07) is 3.24. The van der Waals surface area contributed by atoms with Gasteiger partial charge in [0.2, 0.25) is 0 Å². The van der Waals surface area contributed by atoms with Gasteiger partial charge in [0.05, 0.1) is 0 Å². The molecule has 3 atom stereocenters. The molecule has 1 aromatic rings. The number of aliphatic carboxylic acids is 1. The summed E-state index contributed by atoms with van der Waals surface area (Å²) in [6.45, 7) is -0.456. The summed E-state index contributed by atoms with van der Waals surface area (Å²) in [6.07, 6.45) is 0.158. The fourth-order valence-corrected chi connectivity index (χ4v) is 1.80. The lowest BCUT2D eigenvalue weighted by Gasteiger charge is -2.13. The lowest BCUT2D eigenvalue weighted by molar-refractivity contribution is -0.149. The van der Waals surface area contributed by atoms with Gasteiger partial charge in [-0.25, -0.2) is 4.79 Å². The zero-order valence-corrected chi connectivity index (χ0v) is 14.2. The van der Waals surface area contributed by atoms with Gasteiger partial charge in [-0.05, 0) is 24.1 Å². The molecule has 10 heteroatoms. The number of carboxylic acids is 1. The highest BCUT2D eigenvalue weighted by Crippen LogP contribution is 2.14. The first-order chi connectivity index (χ1) is 11.7. The number of nitrogens with two attached hydrogens (primary N) is 3. The Labute approximate surface area is 149 Å². The highest BCUT2D eigenvalue weighted by atomic mass is 32.1. The summed E-state index contributed by atoms with van der Waals surface area (Å²) >= 11 is 3.91. The fraction of sp³-hybridized carbons (Fsp3) is 0.400. The number of ether oxygens (including phenoxy) is 2. The van der Waals surface area contributed by atoms with Crippen molar-refractivity contribution in [1.82, 2.24) is 0 Å². The zero-order valence-electron chi connectivity index (χ0n) is 13.3. The minimum absolute atomic E-state index is 0.158. The van der Waals surface area contributed by atoms with Crippen molar-refractivity contribution in [2.75, 3.05) is 12.4 Å². The molecule has 0 unspecified atom stereocenters. The molecule has 0 aromatic heterocycles. The quantitative estimate of drug-likeness (QED) is 0.201. The second kappa shape index (κ2) is 9.99. The molecule has 0 radical (unpaired) electrons. The van der Waals surface area contributed by atoms with E-state index in [2.05, 4.69) is 12.6 Å². The van der Waals surface area contributed by atoms with Crippen molar-refractivity contribution in [3.63, 3.8) is 0 Å². The van der Waals surface area contributed by atoms with Crippen LogP contribution in [0.5, 0.6) is 5.75 Å². The van der Waals surface area contributed by atoms with Gasteiger partial charge in [0, 0.05) is 5.75 Å². The molecular formula is C15H21N3O6S. The van der Waals surface area contributed by atoms with Crippen LogP contribution in [0.2, 0.25) is 0 Å². The van der Waals surface area contributed by atoms with Crippen LogP contribution in [-0.4, -0.2) is 53.5 Å². The van der Waals surface area contributed by atoms with Gasteiger partial charge in [-0.15, -0.1) is 0 Å². The Morgan fingerprint density at radius 3 is 2.12 bits per heavy atom. The second-order valence-corrected chi connectivity index (χ2v) is 5.60. The minimum Gasteiger partial charge on any atom is -0.480 e. The van der Waals surface area contributed by atoms with Crippen molar-refractivity contribution in [3.8, 4) is 5.75 Å². The summed E-state index contributed by atoms with van der Waals surface area (Å²) in [5.74, 6) is -2.16. The van der Waals surface area contributed by atoms with Gasteiger partial charge in [0.1, 0.15) is 30.5 Å². The van der Waals surface area contributed by atoms with Gasteiger partial charge in [0.15, 0.2) is 0 Å². The third-order valence-corrected chi connectivity index (χ3v) is 3.52. The molecular weight excluding hydrogens is 350 g/mol. The predicted molar refractivity (Wildman–Crippen MR) is 92.2 cm³/mol. The fourth-order valence-electron chi connectivity index (χ4n) is 1.65. The van der Waals surface area contributed by atoms with Gasteiger partial charge in [-0.3, -0.25) is 9.59 Å². The van der Waals surface area contributed by atoms with Crippen LogP contribution in [0.4, 0.5) is 0 Å². The number of benzene rings is 1. The molecule has 138 valence electrons. The summed E-state index contributed by atoms with van der Waals surface area (Å²) in [5, 5.41) is 8.61. The molecule has 0 aliphatic carbocycles. The number of thiol groups is 1. The Hall–Kier alpha value is -2.14. The van der Waals surface area contributed by atoms with Crippen LogP contribution in [0, 0.1) is 0 Å². The molecule has 7 N–H and O–H groups in total. The Balaban J connectivity index is 2.52. The molecule has 1 rings (SSSR count). The molecule has 0 fully saturated rings. The lowest BCUT2D eigenvalue weighted by atomic mass is 10.1. The molecule has 9 nitrogen and oxygen atoms in total. The number of esters is 2. The number of carbonyl (C=O) groups excluding carboxylic acids is 2. The molecule has 0 aliphatic heterocycles. The summed E-state index contributed by atoms with van der Waals surface area (Å²) in [4.78, 5) is 33.8. The summed E-state index contributed by atoms with van der Waals surface area (Å²) in [5.41, 5.74) is 17.1. The van der Waals surface area contributed by atoms with Crippen LogP contribution in [0.15, 0.2) is 24.3 Å². The Bertz CT molecular complexity index is 610. The van der Waals surface area contributed by atoms with Crippen molar-refractivity contribution >= 4 is 30.5 Å². The molecule has 0 amide bonds. The molecule has 1 aromatic carbocycles. The highest BCUT2D eigenvalue weighted by Gasteiger charge is 2.20. The van der Waals surface area contributed by atoms with Crippen molar-refractivity contribution in [2.45, 2.75) is 24.5 Å². The van der Waals surface area contributed by atoms with Gasteiger partial charge >= 0.3 is 17.9 Å². The van der Waals surface area contributed by atoms with Gasteiger partial charge in [-0.2, -0.15) is 12.6 Å². The molecule has 0 bridgehead atoms. The maximum absolute atomic E-state index is 11.7. The van der Waals surface area contributed by atoms with Crippen LogP contribution >= 0.6 is 12.6 Å². The molecule has 0 aliphatic rings. The first-order valence-electron chi connectivity index (χ1n) is 7.32. The first kappa shape index (κ1) is 20.9. The van der Waals surface area contributed by atoms with Crippen LogP contribution in [0.1, 0.15) is 5.56 Å². The number of hydrogen-bond acceptors (Lipinski definition) is 9. The molecule has 25 heavy (non-hydrogen) atoms. The number of rotatable bonds is 9. The Morgan fingerprint density at radius 1 is 1.00 bits per heavy atom. The van der Waals surface area contributed by atoms with Gasteiger partial charge in [0.25, 0.3) is 0 Å². The van der Waals surface area contributed by atoms with Crippen LogP contribution in [-0.2, 0) is 25.5 Å². The van der Waals surface area contributed by atoms with Gasteiger partial charge < -0.3 is 31.8 Å². The summed E-state index contributed by atoms with van der Waals surface area (Å²) < 4.78 is 9.81. The third-order valence-electron chi connectivity index (χ3n) is 3.12. The average molecular weight is 371 g/mol. The predicted octanol–water partition coefficient (Wildman–Crippen LogP) is -1.33. The van der Waals surface area contributed by atoms with Crippen molar-refractivity contribution in [3.05, 3.63) is 29.8 Å². The van der Waals surface area contributed by atoms with E-state index in [0.29, 0.717) is 11.3 Å². The van der Waals surface area contributed by atoms with Crippen LogP contribution in [0.3, 0.4) is 0 Å². The largest absolute Gasteiger partial charge is 0.480 e. The summed E-state index contributed by atoms with van der Waals surface area (Å²) in [7, 11) is 0. The van der Waals surface area contributed by atoms with E-state index < -0.39 is 42.6 Å². The Morgan fingerprint density at radius 2 is 1.60 bits per heavy atom. The maximum Gasteiger partial charge on any atom is 0.329 e. The molecule has 0 spiro atoms. The van der Waals surface area contributed by atoms with E-state index in [1.54, 1.807) is 12.1 Å². The zero-order chi connectivity index (χ0) is 19.0. The number of carbonyl (C=O) groups is 3. The molecule has 0 saturated carbocycles. The number of carboxylic acid groups (broad SMARTS) is 1. The van der Waals surface area contributed by atoms with E-state index in [4.69, 9.17) is 31.8 Å². The van der Waals surface area contributed by atoms with E-state index in [1.807, 2.05) is 0 Å².